The maximum Gasteiger partial charge on any atom is 0.287 e. The third kappa shape index (κ3) is 2.63. The highest BCUT2D eigenvalue weighted by Gasteiger charge is 2.18. The summed E-state index contributed by atoms with van der Waals surface area (Å²) in [5.41, 5.74) is 0.431. The highest BCUT2D eigenvalue weighted by Crippen LogP contribution is 2.27. The van der Waals surface area contributed by atoms with E-state index < -0.39 is 0 Å². The van der Waals surface area contributed by atoms with Crippen LogP contribution in [0.15, 0.2) is 11.0 Å². The molecule has 1 aliphatic carbocycles. The molecule has 0 spiro atoms. The summed E-state index contributed by atoms with van der Waals surface area (Å²) in [5, 5.41) is 7.58. The van der Waals surface area contributed by atoms with Gasteiger partial charge >= 0.3 is 0 Å². The van der Waals surface area contributed by atoms with Crippen LogP contribution in [0.2, 0.25) is 5.02 Å². The summed E-state index contributed by atoms with van der Waals surface area (Å²) in [7, 11) is 0. The normalized spacial score (nSPS) is 16.0. The maximum absolute atomic E-state index is 11.9. The van der Waals surface area contributed by atoms with Crippen molar-refractivity contribution in [3.63, 3.8) is 0 Å². The number of hydrogen-bond acceptors (Lipinski definition) is 3. The van der Waals surface area contributed by atoms with Gasteiger partial charge in [-0.05, 0) is 32.6 Å². The minimum Gasteiger partial charge on any atom is -0.382 e. The predicted molar refractivity (Wildman–Crippen MR) is 69.7 cm³/mol. The van der Waals surface area contributed by atoms with Gasteiger partial charge < -0.3 is 5.32 Å². The van der Waals surface area contributed by atoms with E-state index >= 15 is 0 Å². The molecule has 0 saturated heterocycles. The predicted octanol–water partition coefficient (Wildman–Crippen LogP) is 2.69. The van der Waals surface area contributed by atoms with E-state index in [4.69, 9.17) is 11.6 Å². The first-order chi connectivity index (χ1) is 8.09. The molecule has 4 nitrogen and oxygen atoms in total. The van der Waals surface area contributed by atoms with Gasteiger partial charge in [0.05, 0.1) is 17.9 Å². The van der Waals surface area contributed by atoms with Gasteiger partial charge in [-0.25, -0.2) is 4.68 Å². The number of hydrogen-bond donors (Lipinski definition) is 1. The molecule has 5 heteroatoms. The number of rotatable bonds is 4. The lowest BCUT2D eigenvalue weighted by Crippen LogP contribution is -2.27. The van der Waals surface area contributed by atoms with Crippen LogP contribution in [-0.2, 0) is 0 Å². The second kappa shape index (κ2) is 5.08. The first-order valence-electron chi connectivity index (χ1n) is 6.10. The first-order valence-corrected chi connectivity index (χ1v) is 6.48. The molecule has 1 saturated carbocycles. The molecule has 94 valence electrons. The molecule has 1 fully saturated rings. The zero-order chi connectivity index (χ0) is 12.4. The van der Waals surface area contributed by atoms with E-state index in [1.807, 2.05) is 13.8 Å². The van der Waals surface area contributed by atoms with Gasteiger partial charge in [-0.2, -0.15) is 5.10 Å². The van der Waals surface area contributed by atoms with Crippen LogP contribution in [0.5, 0.6) is 0 Å². The molecule has 1 aromatic rings. The van der Waals surface area contributed by atoms with Crippen molar-refractivity contribution >= 4 is 17.3 Å². The van der Waals surface area contributed by atoms with Crippen molar-refractivity contribution in [3.8, 4) is 0 Å². The number of halogens is 1. The third-order valence-electron chi connectivity index (χ3n) is 3.24. The lowest BCUT2D eigenvalue weighted by molar-refractivity contribution is 0.333. The van der Waals surface area contributed by atoms with Crippen molar-refractivity contribution in [2.45, 2.75) is 39.2 Å². The Hall–Kier alpha value is -1.03. The lowest BCUT2D eigenvalue weighted by atomic mass is 9.85. The van der Waals surface area contributed by atoms with Crippen molar-refractivity contribution in [1.82, 2.24) is 9.78 Å². The molecule has 0 aromatic carbocycles. The van der Waals surface area contributed by atoms with E-state index in [0.717, 1.165) is 12.5 Å². The summed E-state index contributed by atoms with van der Waals surface area (Å²) in [6.45, 7) is 4.70. The molecule has 0 atom stereocenters. The van der Waals surface area contributed by atoms with Gasteiger partial charge in [0.25, 0.3) is 5.56 Å². The maximum atomic E-state index is 11.9. The van der Waals surface area contributed by atoms with Gasteiger partial charge in [-0.1, -0.05) is 18.0 Å². The van der Waals surface area contributed by atoms with E-state index in [2.05, 4.69) is 10.4 Å². The molecule has 1 aromatic heterocycles. The quantitative estimate of drug-likeness (QED) is 0.900. The highest BCUT2D eigenvalue weighted by atomic mass is 35.5. The van der Waals surface area contributed by atoms with Crippen LogP contribution in [-0.4, -0.2) is 16.3 Å². The highest BCUT2D eigenvalue weighted by molar-refractivity contribution is 6.32. The second-order valence-electron chi connectivity index (χ2n) is 4.89. The van der Waals surface area contributed by atoms with Crippen LogP contribution in [0.4, 0.5) is 5.69 Å². The van der Waals surface area contributed by atoms with Crippen molar-refractivity contribution < 1.29 is 0 Å². The zero-order valence-electron chi connectivity index (χ0n) is 10.2. The molecule has 17 heavy (non-hydrogen) atoms. The van der Waals surface area contributed by atoms with Gasteiger partial charge in [0, 0.05) is 6.54 Å². The van der Waals surface area contributed by atoms with Crippen LogP contribution >= 0.6 is 11.6 Å². The second-order valence-corrected chi connectivity index (χ2v) is 5.27. The van der Waals surface area contributed by atoms with Crippen molar-refractivity contribution in [2.75, 3.05) is 11.9 Å². The van der Waals surface area contributed by atoms with E-state index in [-0.39, 0.29) is 16.6 Å². The zero-order valence-corrected chi connectivity index (χ0v) is 11.0. The molecule has 2 rings (SSSR count). The molecule has 1 N–H and O–H groups in total. The van der Waals surface area contributed by atoms with Gasteiger partial charge in [-0.15, -0.1) is 0 Å². The van der Waals surface area contributed by atoms with Gasteiger partial charge in [-0.3, -0.25) is 4.79 Å². The molecule has 0 amide bonds. The Labute approximate surface area is 106 Å². The smallest absolute Gasteiger partial charge is 0.287 e. The van der Waals surface area contributed by atoms with Crippen LogP contribution in [0.25, 0.3) is 0 Å². The van der Waals surface area contributed by atoms with Gasteiger partial charge in [0.1, 0.15) is 5.02 Å². The standard InChI is InChI=1S/C12H18ClN3O/c1-8(2)16-12(17)11(13)10(7-15-16)14-6-9-4-3-5-9/h7-9,14H,3-6H2,1-2H3. The Morgan fingerprint density at radius 2 is 2.29 bits per heavy atom. The van der Waals surface area contributed by atoms with Crippen molar-refractivity contribution in [1.29, 1.82) is 0 Å². The molecular formula is C12H18ClN3O. The lowest BCUT2D eigenvalue weighted by Gasteiger charge is -2.26. The van der Waals surface area contributed by atoms with E-state index in [0.29, 0.717) is 5.69 Å². The molecular weight excluding hydrogens is 238 g/mol. The molecule has 1 aliphatic rings. The topological polar surface area (TPSA) is 46.9 Å². The number of nitrogens with one attached hydrogen (secondary N) is 1. The number of anilines is 1. The minimum absolute atomic E-state index is 0.0284. The fourth-order valence-electron chi connectivity index (χ4n) is 1.89. The summed E-state index contributed by atoms with van der Waals surface area (Å²) >= 11 is 6.05. The Morgan fingerprint density at radius 3 is 2.82 bits per heavy atom. The van der Waals surface area contributed by atoms with E-state index in [1.165, 1.54) is 23.9 Å². The minimum atomic E-state index is -0.222. The molecule has 1 heterocycles. The van der Waals surface area contributed by atoms with Crippen LogP contribution in [0.3, 0.4) is 0 Å². The molecule has 0 unspecified atom stereocenters. The van der Waals surface area contributed by atoms with E-state index in [1.54, 1.807) is 6.20 Å². The van der Waals surface area contributed by atoms with Crippen molar-refractivity contribution in [2.24, 2.45) is 5.92 Å². The van der Waals surface area contributed by atoms with Crippen LogP contribution in [0.1, 0.15) is 39.2 Å². The Bertz CT molecular complexity index is 452. The molecule has 0 bridgehead atoms. The molecule has 0 aliphatic heterocycles. The summed E-state index contributed by atoms with van der Waals surface area (Å²) in [6.07, 6.45) is 5.48. The summed E-state index contributed by atoms with van der Waals surface area (Å²) < 4.78 is 1.40. The Morgan fingerprint density at radius 1 is 1.59 bits per heavy atom. The fraction of sp³-hybridized carbons (Fsp3) is 0.667. The monoisotopic (exact) mass is 255 g/mol. The largest absolute Gasteiger partial charge is 0.382 e. The average molecular weight is 256 g/mol. The van der Waals surface area contributed by atoms with Crippen LogP contribution in [0, 0.1) is 5.92 Å². The molecule has 0 radical (unpaired) electrons. The van der Waals surface area contributed by atoms with Crippen molar-refractivity contribution in [3.05, 3.63) is 21.6 Å². The van der Waals surface area contributed by atoms with E-state index in [9.17, 15) is 4.79 Å². The Balaban J connectivity index is 2.12. The van der Waals surface area contributed by atoms with Crippen LogP contribution < -0.4 is 10.9 Å². The summed E-state index contributed by atoms with van der Waals surface area (Å²) in [6, 6.07) is 0.0284. The average Bonchev–Trinajstić information content (AvgIpc) is 2.21. The third-order valence-corrected chi connectivity index (χ3v) is 3.60. The number of nitrogens with zero attached hydrogens (tertiary/aromatic N) is 2. The first kappa shape index (κ1) is 12.4. The van der Waals surface area contributed by atoms with Gasteiger partial charge in [0.15, 0.2) is 0 Å². The fourth-order valence-corrected chi connectivity index (χ4v) is 2.09. The SMILES string of the molecule is CC(C)n1ncc(NCC2CCC2)c(Cl)c1=O. The number of aromatic nitrogens is 2. The summed E-state index contributed by atoms with van der Waals surface area (Å²) in [4.78, 5) is 11.9. The Kier molecular flexibility index (Phi) is 3.72. The van der Waals surface area contributed by atoms with Gasteiger partial charge in [0.2, 0.25) is 0 Å². The summed E-state index contributed by atoms with van der Waals surface area (Å²) in [5.74, 6) is 0.721.